The molecule has 13 heteroatoms. The molecule has 39 heavy (non-hydrogen) atoms. The minimum absolute atomic E-state index is 0.00196. The Morgan fingerprint density at radius 3 is 2.31 bits per heavy atom. The van der Waals surface area contributed by atoms with Gasteiger partial charge >= 0.3 is 0 Å². The lowest BCUT2D eigenvalue weighted by molar-refractivity contribution is -0.136. The summed E-state index contributed by atoms with van der Waals surface area (Å²) in [6, 6.07) is 3.35. The van der Waals surface area contributed by atoms with Gasteiger partial charge in [-0.1, -0.05) is 6.07 Å². The van der Waals surface area contributed by atoms with Crippen molar-refractivity contribution in [3.05, 3.63) is 29.3 Å². The highest BCUT2D eigenvalue weighted by Crippen LogP contribution is 2.33. The predicted molar refractivity (Wildman–Crippen MR) is 136 cm³/mol. The topological polar surface area (TPSA) is 169 Å². The van der Waals surface area contributed by atoms with Crippen molar-refractivity contribution in [3.63, 3.8) is 0 Å². The second-order valence-electron chi connectivity index (χ2n) is 9.29. The molecule has 13 nitrogen and oxygen atoms in total. The Balaban J connectivity index is 1.35. The van der Waals surface area contributed by atoms with Crippen molar-refractivity contribution in [2.75, 3.05) is 39.5 Å². The molecule has 0 aromatic heterocycles. The summed E-state index contributed by atoms with van der Waals surface area (Å²) < 4.78 is 16.2. The second-order valence-corrected chi connectivity index (χ2v) is 9.29. The van der Waals surface area contributed by atoms with Crippen LogP contribution in [-0.2, 0) is 28.7 Å². The summed E-state index contributed by atoms with van der Waals surface area (Å²) in [6.07, 6.45) is 1.28. The number of amides is 6. The van der Waals surface area contributed by atoms with Crippen LogP contribution in [0.3, 0.4) is 0 Å². The van der Waals surface area contributed by atoms with Gasteiger partial charge in [0.25, 0.3) is 17.7 Å². The summed E-state index contributed by atoms with van der Waals surface area (Å²) in [6.45, 7) is 5.08. The van der Waals surface area contributed by atoms with Gasteiger partial charge in [0.2, 0.25) is 17.7 Å². The Morgan fingerprint density at radius 2 is 1.67 bits per heavy atom. The molecule has 0 bridgehead atoms. The number of nitrogens with one attached hydrogen (secondary N) is 3. The average Bonchev–Trinajstić information content (AvgIpc) is 3.15. The predicted octanol–water partition coefficient (Wildman–Crippen LogP) is -0.0792. The number of rotatable bonds is 15. The van der Waals surface area contributed by atoms with Crippen LogP contribution in [0.4, 0.5) is 0 Å². The summed E-state index contributed by atoms with van der Waals surface area (Å²) in [4.78, 5) is 74.1. The minimum atomic E-state index is -1.09. The van der Waals surface area contributed by atoms with Crippen LogP contribution < -0.4 is 20.7 Å². The molecular weight excluding hydrogens is 512 g/mol. The van der Waals surface area contributed by atoms with Gasteiger partial charge in [-0.2, -0.15) is 0 Å². The van der Waals surface area contributed by atoms with E-state index in [1.807, 2.05) is 13.8 Å². The normalized spacial score (nSPS) is 16.8. The van der Waals surface area contributed by atoms with E-state index in [-0.39, 0.29) is 54.9 Å². The van der Waals surface area contributed by atoms with Crippen LogP contribution in [0.5, 0.6) is 5.75 Å². The van der Waals surface area contributed by atoms with E-state index in [1.165, 1.54) is 18.2 Å². The van der Waals surface area contributed by atoms with E-state index in [2.05, 4.69) is 16.0 Å². The number of hydrogen-bond donors (Lipinski definition) is 3. The number of hydrogen-bond acceptors (Lipinski definition) is 9. The molecule has 1 atom stereocenters. The molecule has 3 rings (SSSR count). The number of ether oxygens (including phenoxy) is 3. The summed E-state index contributed by atoms with van der Waals surface area (Å²) in [5.74, 6) is -3.05. The van der Waals surface area contributed by atoms with Gasteiger partial charge < -0.3 is 24.8 Å². The molecule has 212 valence electrons. The molecular formula is C26H34N4O9. The Hall–Kier alpha value is -3.84. The van der Waals surface area contributed by atoms with Crippen LogP contribution in [0.25, 0.3) is 0 Å². The molecule has 1 fully saturated rings. The minimum Gasteiger partial charge on any atom is -0.483 e. The van der Waals surface area contributed by atoms with Crippen molar-refractivity contribution in [2.45, 2.75) is 51.7 Å². The van der Waals surface area contributed by atoms with Crippen molar-refractivity contribution < 1.29 is 43.0 Å². The first-order chi connectivity index (χ1) is 18.7. The number of benzene rings is 1. The highest BCUT2D eigenvalue weighted by Gasteiger charge is 2.46. The zero-order valence-corrected chi connectivity index (χ0v) is 22.1. The quantitative estimate of drug-likeness (QED) is 0.201. The summed E-state index contributed by atoms with van der Waals surface area (Å²) >= 11 is 0. The number of piperidine rings is 1. The zero-order chi connectivity index (χ0) is 28.4. The first kappa shape index (κ1) is 29.7. The third-order valence-electron chi connectivity index (χ3n) is 5.91. The Morgan fingerprint density at radius 1 is 1.00 bits per heavy atom. The van der Waals surface area contributed by atoms with E-state index >= 15 is 0 Å². The van der Waals surface area contributed by atoms with Crippen molar-refractivity contribution >= 4 is 35.4 Å². The smallest absolute Gasteiger partial charge is 0.266 e. The van der Waals surface area contributed by atoms with Crippen LogP contribution in [-0.4, -0.2) is 92.0 Å². The molecule has 1 aromatic rings. The van der Waals surface area contributed by atoms with Gasteiger partial charge in [-0.15, -0.1) is 0 Å². The van der Waals surface area contributed by atoms with Gasteiger partial charge in [0.1, 0.15) is 18.4 Å². The number of fused-ring (bicyclic) bond motifs is 1. The van der Waals surface area contributed by atoms with Gasteiger partial charge in [0.05, 0.1) is 17.2 Å². The Labute approximate surface area is 225 Å². The largest absolute Gasteiger partial charge is 0.483 e. The third-order valence-corrected chi connectivity index (χ3v) is 5.91. The fraction of sp³-hybridized carbons (Fsp3) is 0.538. The first-order valence-electron chi connectivity index (χ1n) is 12.9. The monoisotopic (exact) mass is 546 g/mol. The summed E-state index contributed by atoms with van der Waals surface area (Å²) in [5, 5.41) is 7.57. The molecule has 6 amide bonds. The van der Waals surface area contributed by atoms with Crippen LogP contribution in [0.15, 0.2) is 18.2 Å². The van der Waals surface area contributed by atoms with Gasteiger partial charge in [-0.05, 0) is 45.2 Å². The maximum absolute atomic E-state index is 13.0. The Kier molecular flexibility index (Phi) is 10.9. The zero-order valence-electron chi connectivity index (χ0n) is 22.1. The van der Waals surface area contributed by atoms with Crippen molar-refractivity contribution in [2.24, 2.45) is 0 Å². The molecule has 0 radical (unpaired) electrons. The lowest BCUT2D eigenvalue weighted by atomic mass is 10.0. The maximum Gasteiger partial charge on any atom is 0.266 e. The molecule has 0 aliphatic carbocycles. The maximum atomic E-state index is 13.0. The molecule has 0 spiro atoms. The van der Waals surface area contributed by atoms with E-state index in [0.717, 1.165) is 4.90 Å². The van der Waals surface area contributed by atoms with Gasteiger partial charge in [-0.3, -0.25) is 39.0 Å². The van der Waals surface area contributed by atoms with Crippen molar-refractivity contribution in [3.8, 4) is 5.75 Å². The number of carbonyl (C=O) groups excluding carboxylic acids is 6. The van der Waals surface area contributed by atoms with E-state index in [4.69, 9.17) is 14.2 Å². The third kappa shape index (κ3) is 8.32. The molecule has 2 heterocycles. The van der Waals surface area contributed by atoms with Gasteiger partial charge in [0, 0.05) is 32.7 Å². The highest BCUT2D eigenvalue weighted by molar-refractivity contribution is 6.24. The molecule has 0 saturated carbocycles. The van der Waals surface area contributed by atoms with Gasteiger partial charge in [0.15, 0.2) is 6.61 Å². The molecule has 1 aromatic carbocycles. The SMILES string of the molecule is CC(C)OCC(=O)NCCCOCCCNC(=O)COc1cccc2c1C(=O)N(C1CCC(=O)NC1=O)C2=O. The lowest BCUT2D eigenvalue weighted by Gasteiger charge is -2.27. The molecule has 3 N–H and O–H groups in total. The number of nitrogens with zero attached hydrogens (tertiary/aromatic N) is 1. The number of carbonyl (C=O) groups is 6. The standard InChI is InChI=1S/C26H34N4O9/c1-16(2)38-14-21(32)27-10-4-12-37-13-5-11-28-22(33)15-39-19-7-3-6-17-23(19)26(36)30(25(17)35)18-8-9-20(31)29-24(18)34/h3,6-7,16,18H,4-5,8-15H2,1-2H3,(H,27,32)(H,28,33)(H,29,31,34). The van der Waals surface area contributed by atoms with Crippen LogP contribution >= 0.6 is 0 Å². The van der Waals surface area contributed by atoms with E-state index in [1.54, 1.807) is 0 Å². The van der Waals surface area contributed by atoms with E-state index in [9.17, 15) is 28.8 Å². The molecule has 1 saturated heterocycles. The number of imide groups is 2. The lowest BCUT2D eigenvalue weighted by Crippen LogP contribution is -2.54. The van der Waals surface area contributed by atoms with E-state index < -0.39 is 35.6 Å². The van der Waals surface area contributed by atoms with Crippen molar-refractivity contribution in [1.29, 1.82) is 0 Å². The van der Waals surface area contributed by atoms with Crippen LogP contribution in [0.1, 0.15) is 60.2 Å². The van der Waals surface area contributed by atoms with Crippen LogP contribution in [0, 0.1) is 0 Å². The fourth-order valence-electron chi connectivity index (χ4n) is 4.00. The molecule has 2 aliphatic rings. The summed E-state index contributed by atoms with van der Waals surface area (Å²) in [5.41, 5.74) is 0.0558. The van der Waals surface area contributed by atoms with E-state index in [0.29, 0.717) is 39.1 Å². The van der Waals surface area contributed by atoms with Crippen molar-refractivity contribution in [1.82, 2.24) is 20.9 Å². The first-order valence-corrected chi connectivity index (χ1v) is 12.9. The highest BCUT2D eigenvalue weighted by atomic mass is 16.5. The van der Waals surface area contributed by atoms with Crippen LogP contribution in [0.2, 0.25) is 0 Å². The Bertz CT molecular complexity index is 1100. The second kappa shape index (κ2) is 14.4. The van der Waals surface area contributed by atoms with Gasteiger partial charge in [-0.25, -0.2) is 0 Å². The summed E-state index contributed by atoms with van der Waals surface area (Å²) in [7, 11) is 0. The fourth-order valence-corrected chi connectivity index (χ4v) is 4.00. The molecule has 2 aliphatic heterocycles. The average molecular weight is 547 g/mol. The molecule has 1 unspecified atom stereocenters.